The smallest absolute Gasteiger partial charge is 0.253 e. The minimum absolute atomic E-state index is 0.0999. The summed E-state index contributed by atoms with van der Waals surface area (Å²) >= 11 is 1.28. The molecule has 0 aliphatic rings. The third kappa shape index (κ3) is 7.28. The van der Waals surface area contributed by atoms with Gasteiger partial charge in [0.15, 0.2) is 11.5 Å². The molecule has 5 aromatic rings. The monoisotopic (exact) mass is 596 g/mol. The van der Waals surface area contributed by atoms with E-state index in [9.17, 15) is 9.59 Å². The van der Waals surface area contributed by atoms with Crippen LogP contribution in [0.1, 0.15) is 22.3 Å². The predicted octanol–water partition coefficient (Wildman–Crippen LogP) is 6.10. The first-order valence-corrected chi connectivity index (χ1v) is 14.6. The van der Waals surface area contributed by atoms with Crippen LogP contribution >= 0.6 is 11.3 Å². The summed E-state index contributed by atoms with van der Waals surface area (Å²) < 4.78 is 16.0. The van der Waals surface area contributed by atoms with Gasteiger partial charge in [-0.25, -0.2) is 0 Å². The number of hydrogen-bond donors (Lipinski definition) is 1. The second kappa shape index (κ2) is 13.8. The van der Waals surface area contributed by atoms with Gasteiger partial charge in [-0.15, -0.1) is 10.2 Å². The van der Waals surface area contributed by atoms with Crippen LogP contribution in [0.25, 0.3) is 21.3 Å². The van der Waals surface area contributed by atoms with Gasteiger partial charge in [0.25, 0.3) is 5.91 Å². The summed E-state index contributed by atoms with van der Waals surface area (Å²) in [6, 6.07) is 26.7. The lowest BCUT2D eigenvalue weighted by Gasteiger charge is -2.23. The molecule has 1 N–H and O–H groups in total. The molecule has 0 fully saturated rings. The quantitative estimate of drug-likeness (QED) is 0.186. The van der Waals surface area contributed by atoms with Crippen molar-refractivity contribution in [3.8, 4) is 27.8 Å². The van der Waals surface area contributed by atoms with Gasteiger partial charge in [-0.1, -0.05) is 47.7 Å². The number of carbonyl (C=O) groups is 2. The molecule has 1 heterocycles. The molecule has 9 nitrogen and oxygen atoms in total. The Morgan fingerprint density at radius 2 is 1.56 bits per heavy atom. The molecular formula is C33H32N4O5S. The van der Waals surface area contributed by atoms with Crippen LogP contribution in [0.2, 0.25) is 0 Å². The van der Waals surface area contributed by atoms with Crippen molar-refractivity contribution >= 4 is 39.1 Å². The number of methoxy groups -OCH3 is 3. The first-order valence-electron chi connectivity index (χ1n) is 13.7. The maximum Gasteiger partial charge on any atom is 0.253 e. The number of fused-ring (bicyclic) bond motifs is 1. The fourth-order valence-electron chi connectivity index (χ4n) is 4.66. The number of nitrogens with zero attached hydrogens (tertiary/aromatic N) is 3. The van der Waals surface area contributed by atoms with E-state index in [0.29, 0.717) is 40.2 Å². The minimum atomic E-state index is -0.250. The molecule has 43 heavy (non-hydrogen) atoms. The van der Waals surface area contributed by atoms with Crippen molar-refractivity contribution in [2.45, 2.75) is 12.8 Å². The number of amides is 2. The summed E-state index contributed by atoms with van der Waals surface area (Å²) in [7, 11) is 4.79. The van der Waals surface area contributed by atoms with E-state index in [-0.39, 0.29) is 24.8 Å². The Balaban J connectivity index is 1.28. The number of ether oxygens (including phenoxy) is 3. The number of carbonyl (C=O) groups excluding carboxylic acids is 2. The molecule has 5 rings (SSSR count). The highest BCUT2D eigenvalue weighted by atomic mass is 32.1. The molecule has 4 aromatic carbocycles. The average molecular weight is 597 g/mol. The Labute approximate surface area is 254 Å². The van der Waals surface area contributed by atoms with Crippen LogP contribution in [0, 0.1) is 0 Å². The second-order valence-electron chi connectivity index (χ2n) is 9.73. The number of rotatable bonds is 12. The lowest BCUT2D eigenvalue weighted by molar-refractivity contribution is -0.116. The van der Waals surface area contributed by atoms with Crippen molar-refractivity contribution in [2.24, 2.45) is 0 Å². The molecule has 220 valence electrons. The van der Waals surface area contributed by atoms with Crippen LogP contribution in [-0.2, 0) is 11.2 Å². The highest BCUT2D eigenvalue weighted by Crippen LogP contribution is 2.29. The third-order valence-electron chi connectivity index (χ3n) is 7.02. The Hall–Kier alpha value is -4.96. The Morgan fingerprint density at radius 1 is 0.791 bits per heavy atom. The molecular weight excluding hydrogens is 564 g/mol. The summed E-state index contributed by atoms with van der Waals surface area (Å²) in [5.74, 6) is 1.61. The first kappa shape index (κ1) is 29.5. The lowest BCUT2D eigenvalue weighted by atomic mass is 10.1. The number of aromatic nitrogens is 2. The van der Waals surface area contributed by atoms with Crippen LogP contribution in [-0.4, -0.2) is 61.3 Å². The number of nitrogens with one attached hydrogen (secondary N) is 1. The molecule has 0 saturated heterocycles. The molecule has 1 aromatic heterocycles. The zero-order valence-corrected chi connectivity index (χ0v) is 25.0. The van der Waals surface area contributed by atoms with Crippen LogP contribution in [0.3, 0.4) is 0 Å². The largest absolute Gasteiger partial charge is 0.497 e. The van der Waals surface area contributed by atoms with E-state index in [1.54, 1.807) is 26.2 Å². The summed E-state index contributed by atoms with van der Waals surface area (Å²) in [6.45, 7) is 0.643. The van der Waals surface area contributed by atoms with Gasteiger partial charge in [-0.2, -0.15) is 0 Å². The van der Waals surface area contributed by atoms with Crippen molar-refractivity contribution in [2.75, 3.05) is 39.7 Å². The van der Waals surface area contributed by atoms with E-state index < -0.39 is 0 Å². The maximum atomic E-state index is 13.7. The SMILES string of the molecule is COc1ccc(-c2nnc(NC(=O)CCN(CCc3ccc(OC)c(OC)c3)C(=O)c3ccc4ccccc4c3)s2)cc1. The molecule has 0 unspecified atom stereocenters. The Bertz CT molecular complexity index is 1720. The average Bonchev–Trinajstić information content (AvgIpc) is 3.52. The molecule has 0 bridgehead atoms. The maximum absolute atomic E-state index is 13.7. The molecule has 0 aliphatic heterocycles. The topological polar surface area (TPSA) is 103 Å². The highest BCUT2D eigenvalue weighted by molar-refractivity contribution is 7.18. The van der Waals surface area contributed by atoms with E-state index in [4.69, 9.17) is 14.2 Å². The predicted molar refractivity (Wildman–Crippen MR) is 168 cm³/mol. The molecule has 0 aliphatic carbocycles. The van der Waals surface area contributed by atoms with Crippen molar-refractivity contribution in [3.05, 3.63) is 96.1 Å². The molecule has 10 heteroatoms. The molecule has 0 atom stereocenters. The molecule has 0 radical (unpaired) electrons. The van der Waals surface area contributed by atoms with Gasteiger partial charge >= 0.3 is 0 Å². The van der Waals surface area contributed by atoms with Gasteiger partial charge < -0.3 is 24.4 Å². The summed E-state index contributed by atoms with van der Waals surface area (Å²) in [5, 5.41) is 14.3. The molecule has 0 spiro atoms. The van der Waals surface area contributed by atoms with Gasteiger partial charge in [0.05, 0.1) is 21.3 Å². The van der Waals surface area contributed by atoms with Gasteiger partial charge in [-0.3, -0.25) is 9.59 Å². The van der Waals surface area contributed by atoms with Gasteiger partial charge in [-0.05, 0) is 71.3 Å². The summed E-state index contributed by atoms with van der Waals surface area (Å²) in [4.78, 5) is 28.4. The second-order valence-corrected chi connectivity index (χ2v) is 10.7. The Kier molecular flexibility index (Phi) is 9.48. The first-order chi connectivity index (χ1) is 21.0. The zero-order valence-electron chi connectivity index (χ0n) is 24.2. The highest BCUT2D eigenvalue weighted by Gasteiger charge is 2.19. The van der Waals surface area contributed by atoms with Crippen molar-refractivity contribution < 1.29 is 23.8 Å². The Morgan fingerprint density at radius 3 is 2.30 bits per heavy atom. The van der Waals surface area contributed by atoms with E-state index >= 15 is 0 Å². The van der Waals surface area contributed by atoms with Crippen LogP contribution in [0.5, 0.6) is 17.2 Å². The van der Waals surface area contributed by atoms with E-state index in [0.717, 1.165) is 27.6 Å². The van der Waals surface area contributed by atoms with E-state index in [1.807, 2.05) is 84.9 Å². The van der Waals surface area contributed by atoms with Crippen molar-refractivity contribution in [1.29, 1.82) is 0 Å². The van der Waals surface area contributed by atoms with Crippen LogP contribution in [0.4, 0.5) is 5.13 Å². The summed E-state index contributed by atoms with van der Waals surface area (Å²) in [5.41, 5.74) is 2.43. The molecule has 0 saturated carbocycles. The number of anilines is 1. The van der Waals surface area contributed by atoms with Gasteiger partial charge in [0.1, 0.15) is 10.8 Å². The number of benzene rings is 4. The standard InChI is InChI=1S/C33H32N4O5S/c1-40-27-13-11-24(12-14-27)31-35-36-33(43-31)34-30(38)17-19-37(18-16-22-8-15-28(41-2)29(20-22)42-3)32(39)26-10-9-23-6-4-5-7-25(23)21-26/h4-15,20-21H,16-19H2,1-3H3,(H,34,36,38). The van der Waals surface area contributed by atoms with Crippen LogP contribution in [0.15, 0.2) is 84.9 Å². The fourth-order valence-corrected chi connectivity index (χ4v) is 5.43. The molecule has 2 amide bonds. The normalized spacial score (nSPS) is 10.8. The number of hydrogen-bond acceptors (Lipinski definition) is 8. The third-order valence-corrected chi connectivity index (χ3v) is 7.91. The van der Waals surface area contributed by atoms with Gasteiger partial charge in [0.2, 0.25) is 11.0 Å². The fraction of sp³-hybridized carbons (Fsp3) is 0.212. The van der Waals surface area contributed by atoms with Gasteiger partial charge in [0, 0.05) is 30.6 Å². The lowest BCUT2D eigenvalue weighted by Crippen LogP contribution is -2.35. The van der Waals surface area contributed by atoms with Crippen LogP contribution < -0.4 is 19.5 Å². The van der Waals surface area contributed by atoms with E-state index in [1.165, 1.54) is 11.3 Å². The van der Waals surface area contributed by atoms with Crippen molar-refractivity contribution in [3.63, 3.8) is 0 Å². The summed E-state index contributed by atoms with van der Waals surface area (Å²) in [6.07, 6.45) is 0.672. The van der Waals surface area contributed by atoms with E-state index in [2.05, 4.69) is 15.5 Å². The zero-order chi connectivity index (χ0) is 30.2. The minimum Gasteiger partial charge on any atom is -0.497 e. The van der Waals surface area contributed by atoms with Crippen molar-refractivity contribution in [1.82, 2.24) is 15.1 Å².